The van der Waals surface area contributed by atoms with Crippen molar-refractivity contribution in [1.82, 2.24) is 25.2 Å². The van der Waals surface area contributed by atoms with E-state index in [4.69, 9.17) is 0 Å². The van der Waals surface area contributed by atoms with Crippen LogP contribution in [0.4, 0.5) is 5.69 Å². The van der Waals surface area contributed by atoms with Gasteiger partial charge >= 0.3 is 5.97 Å². The number of rotatable bonds is 4. The van der Waals surface area contributed by atoms with Crippen LogP contribution in [-0.4, -0.2) is 79.9 Å². The SMILES string of the molecule is O=C(O)CN1CN(c2ccccc2)C2(CCN(C(=O)c3ccc4n[nH]nc4c3)CC2)C1=O. The minimum absolute atomic E-state index is 0.121. The van der Waals surface area contributed by atoms with Crippen molar-refractivity contribution in [2.75, 3.05) is 31.2 Å². The van der Waals surface area contributed by atoms with Crippen molar-refractivity contribution in [1.29, 1.82) is 0 Å². The Balaban J connectivity index is 1.39. The summed E-state index contributed by atoms with van der Waals surface area (Å²) >= 11 is 0. The second-order valence-corrected chi connectivity index (χ2v) is 8.15. The van der Waals surface area contributed by atoms with E-state index in [-0.39, 0.29) is 25.0 Å². The van der Waals surface area contributed by atoms with E-state index >= 15 is 0 Å². The fourth-order valence-corrected chi connectivity index (χ4v) is 4.72. The highest BCUT2D eigenvalue weighted by molar-refractivity contribution is 5.98. The standard InChI is InChI=1S/C22H22N6O4/c29-19(30)13-27-14-28(16-4-2-1-3-5-16)22(21(27)32)8-10-26(11-9-22)20(31)15-6-7-17-18(12-15)24-25-23-17/h1-7,12H,8-11,13-14H2,(H,29,30)(H,23,24,25). The highest BCUT2D eigenvalue weighted by atomic mass is 16.4. The van der Waals surface area contributed by atoms with Gasteiger partial charge in [0.15, 0.2) is 0 Å². The molecule has 2 aromatic carbocycles. The number of aliphatic carboxylic acids is 1. The molecule has 0 aliphatic carbocycles. The van der Waals surface area contributed by atoms with Gasteiger partial charge in [-0.05, 0) is 43.2 Å². The number of amides is 2. The van der Waals surface area contributed by atoms with Crippen molar-refractivity contribution in [2.45, 2.75) is 18.4 Å². The summed E-state index contributed by atoms with van der Waals surface area (Å²) in [4.78, 5) is 42.9. The van der Waals surface area contributed by atoms with Crippen LogP contribution in [0.1, 0.15) is 23.2 Å². The lowest BCUT2D eigenvalue weighted by atomic mass is 9.85. The summed E-state index contributed by atoms with van der Waals surface area (Å²) in [5.41, 5.74) is 1.84. The predicted molar refractivity (Wildman–Crippen MR) is 115 cm³/mol. The minimum Gasteiger partial charge on any atom is -0.480 e. The molecule has 3 heterocycles. The average Bonchev–Trinajstić information content (AvgIpc) is 3.38. The first-order chi connectivity index (χ1) is 15.5. The van der Waals surface area contributed by atoms with Gasteiger partial charge in [-0.15, -0.1) is 0 Å². The van der Waals surface area contributed by atoms with Crippen LogP contribution in [0.2, 0.25) is 0 Å². The van der Waals surface area contributed by atoms with Gasteiger partial charge in [-0.1, -0.05) is 18.2 Å². The molecule has 0 radical (unpaired) electrons. The molecule has 1 spiro atoms. The van der Waals surface area contributed by atoms with Gasteiger partial charge in [-0.25, -0.2) is 0 Å². The molecule has 2 aliphatic heterocycles. The molecule has 2 saturated heterocycles. The smallest absolute Gasteiger partial charge is 0.323 e. The van der Waals surface area contributed by atoms with Gasteiger partial charge in [0.25, 0.3) is 11.8 Å². The Morgan fingerprint density at radius 2 is 1.75 bits per heavy atom. The lowest BCUT2D eigenvalue weighted by Gasteiger charge is -2.43. The highest BCUT2D eigenvalue weighted by Crippen LogP contribution is 2.39. The van der Waals surface area contributed by atoms with Crippen LogP contribution in [0.15, 0.2) is 48.5 Å². The Hall–Kier alpha value is -3.95. The lowest BCUT2D eigenvalue weighted by Crippen LogP contribution is -2.57. The van der Waals surface area contributed by atoms with Crippen LogP contribution in [0.25, 0.3) is 11.0 Å². The van der Waals surface area contributed by atoms with Crippen LogP contribution in [-0.2, 0) is 9.59 Å². The number of para-hydroxylation sites is 1. The molecule has 10 nitrogen and oxygen atoms in total. The van der Waals surface area contributed by atoms with Crippen molar-refractivity contribution in [3.63, 3.8) is 0 Å². The topological polar surface area (TPSA) is 123 Å². The number of H-pyrrole nitrogens is 1. The summed E-state index contributed by atoms with van der Waals surface area (Å²) < 4.78 is 0. The van der Waals surface area contributed by atoms with Gasteiger partial charge in [-0.3, -0.25) is 14.4 Å². The minimum atomic E-state index is -1.04. The third kappa shape index (κ3) is 3.24. The number of aromatic nitrogens is 3. The van der Waals surface area contributed by atoms with E-state index in [1.54, 1.807) is 23.1 Å². The van der Waals surface area contributed by atoms with Gasteiger partial charge in [0.1, 0.15) is 23.1 Å². The molecule has 2 amide bonds. The van der Waals surface area contributed by atoms with Crippen LogP contribution < -0.4 is 4.90 Å². The molecule has 10 heteroatoms. The first-order valence-corrected chi connectivity index (χ1v) is 10.4. The van der Waals surface area contributed by atoms with E-state index in [0.717, 1.165) is 5.69 Å². The summed E-state index contributed by atoms with van der Waals surface area (Å²) in [7, 11) is 0. The zero-order valence-corrected chi connectivity index (χ0v) is 17.3. The quantitative estimate of drug-likeness (QED) is 0.635. The number of nitrogens with zero attached hydrogens (tertiary/aromatic N) is 5. The van der Waals surface area contributed by atoms with Gasteiger partial charge in [0, 0.05) is 24.3 Å². The van der Waals surface area contributed by atoms with Gasteiger partial charge in [0.2, 0.25) is 0 Å². The van der Waals surface area contributed by atoms with E-state index in [0.29, 0.717) is 42.5 Å². The van der Waals surface area contributed by atoms with Crippen LogP contribution in [0.3, 0.4) is 0 Å². The normalized spacial score (nSPS) is 18.0. The third-order valence-corrected chi connectivity index (χ3v) is 6.35. The number of hydrogen-bond acceptors (Lipinski definition) is 6. The van der Waals surface area contributed by atoms with E-state index in [1.165, 1.54) is 4.90 Å². The number of aromatic amines is 1. The molecule has 2 fully saturated rings. The zero-order valence-electron chi connectivity index (χ0n) is 17.3. The number of carbonyl (C=O) groups is 3. The molecule has 5 rings (SSSR count). The van der Waals surface area contributed by atoms with Crippen molar-refractivity contribution >= 4 is 34.5 Å². The van der Waals surface area contributed by atoms with E-state index in [9.17, 15) is 19.5 Å². The van der Waals surface area contributed by atoms with Crippen molar-refractivity contribution < 1.29 is 19.5 Å². The van der Waals surface area contributed by atoms with Crippen LogP contribution >= 0.6 is 0 Å². The Labute approximate surface area is 183 Å². The number of piperidine rings is 1. The molecule has 164 valence electrons. The molecule has 3 aromatic rings. The van der Waals surface area contributed by atoms with Gasteiger partial charge < -0.3 is 19.8 Å². The Bertz CT molecular complexity index is 1190. The Kier molecular flexibility index (Phi) is 4.76. The summed E-state index contributed by atoms with van der Waals surface area (Å²) in [5.74, 6) is -1.36. The van der Waals surface area contributed by atoms with E-state index in [1.807, 2.05) is 35.2 Å². The van der Waals surface area contributed by atoms with Crippen LogP contribution in [0.5, 0.6) is 0 Å². The molecule has 2 N–H and O–H groups in total. The maximum absolute atomic E-state index is 13.4. The number of anilines is 1. The number of carboxylic acids is 1. The second-order valence-electron chi connectivity index (χ2n) is 8.15. The summed E-state index contributed by atoms with van der Waals surface area (Å²) in [6, 6.07) is 14.7. The number of likely N-dealkylation sites (tertiary alicyclic amines) is 1. The molecule has 0 unspecified atom stereocenters. The number of carboxylic acid groups (broad SMARTS) is 1. The monoisotopic (exact) mass is 434 g/mol. The highest BCUT2D eigenvalue weighted by Gasteiger charge is 2.54. The number of carbonyl (C=O) groups excluding carboxylic acids is 2. The molecule has 1 aromatic heterocycles. The van der Waals surface area contributed by atoms with Crippen molar-refractivity contribution in [3.05, 3.63) is 54.1 Å². The molecule has 0 bridgehead atoms. The first kappa shape index (κ1) is 20.0. The fourth-order valence-electron chi connectivity index (χ4n) is 4.72. The number of fused-ring (bicyclic) bond motifs is 1. The van der Waals surface area contributed by atoms with E-state index < -0.39 is 11.5 Å². The average molecular weight is 434 g/mol. The number of hydrogen-bond donors (Lipinski definition) is 2. The Morgan fingerprint density at radius 1 is 1.03 bits per heavy atom. The maximum atomic E-state index is 13.4. The zero-order chi connectivity index (χ0) is 22.3. The molecule has 0 saturated carbocycles. The van der Waals surface area contributed by atoms with Crippen molar-refractivity contribution in [2.24, 2.45) is 0 Å². The Morgan fingerprint density at radius 3 is 2.47 bits per heavy atom. The number of benzene rings is 2. The number of nitrogens with one attached hydrogen (secondary N) is 1. The van der Waals surface area contributed by atoms with Crippen LogP contribution in [0, 0.1) is 0 Å². The predicted octanol–water partition coefficient (Wildman–Crippen LogP) is 1.32. The van der Waals surface area contributed by atoms with E-state index in [2.05, 4.69) is 15.4 Å². The summed E-state index contributed by atoms with van der Waals surface area (Å²) in [5, 5.41) is 19.8. The fraction of sp³-hybridized carbons (Fsp3) is 0.318. The molecular weight excluding hydrogens is 412 g/mol. The second kappa shape index (κ2) is 7.63. The molecule has 2 aliphatic rings. The van der Waals surface area contributed by atoms with Gasteiger partial charge in [0.05, 0.1) is 6.67 Å². The first-order valence-electron chi connectivity index (χ1n) is 10.4. The summed E-state index contributed by atoms with van der Waals surface area (Å²) in [6.07, 6.45) is 0.851. The maximum Gasteiger partial charge on any atom is 0.323 e. The van der Waals surface area contributed by atoms with Crippen molar-refractivity contribution in [3.8, 4) is 0 Å². The lowest BCUT2D eigenvalue weighted by molar-refractivity contribution is -0.144. The molecule has 0 atom stereocenters. The largest absolute Gasteiger partial charge is 0.480 e. The third-order valence-electron chi connectivity index (χ3n) is 6.35. The summed E-state index contributed by atoms with van der Waals surface area (Å²) in [6.45, 7) is 0.660. The molecule has 32 heavy (non-hydrogen) atoms. The molecular formula is C22H22N6O4. The van der Waals surface area contributed by atoms with Gasteiger partial charge in [-0.2, -0.15) is 15.4 Å².